The molecule has 3 aromatic rings. The first kappa shape index (κ1) is 31.2. The molecule has 11 heteroatoms. The number of carbonyl (C=O) groups excluding carboxylic acids is 1. The third-order valence-corrected chi connectivity index (χ3v) is 9.47. The maximum Gasteiger partial charge on any atom is 0.274 e. The number of halogens is 2. The average Bonchev–Trinajstić information content (AvgIpc) is 3.49. The Morgan fingerprint density at radius 2 is 1.98 bits per heavy atom. The summed E-state index contributed by atoms with van der Waals surface area (Å²) in [4.78, 5) is 35.8. The summed E-state index contributed by atoms with van der Waals surface area (Å²) in [5.74, 6) is -1.60. The lowest BCUT2D eigenvalue weighted by atomic mass is 9.92. The van der Waals surface area contributed by atoms with Crippen LogP contribution in [-0.2, 0) is 28.0 Å². The van der Waals surface area contributed by atoms with E-state index >= 15 is 0 Å². The van der Waals surface area contributed by atoms with Crippen LogP contribution in [0.1, 0.15) is 46.4 Å². The zero-order chi connectivity index (χ0) is 31.4. The second-order valence-corrected chi connectivity index (χ2v) is 12.6. The van der Waals surface area contributed by atoms with Crippen LogP contribution in [0, 0.1) is 11.6 Å². The van der Waals surface area contributed by atoms with E-state index in [1.807, 2.05) is 41.0 Å². The van der Waals surface area contributed by atoms with E-state index in [0.717, 1.165) is 29.4 Å². The number of aliphatic imine (C=N–C) groups is 1. The summed E-state index contributed by atoms with van der Waals surface area (Å²) in [5, 5.41) is 0.469. The average molecular weight is 636 g/mol. The Labute approximate surface area is 264 Å². The summed E-state index contributed by atoms with van der Waals surface area (Å²) in [5.41, 5.74) is 0.660. The van der Waals surface area contributed by atoms with E-state index in [-0.39, 0.29) is 30.4 Å². The molecular weight excluding hydrogens is 600 g/mol. The molecule has 0 bridgehead atoms. The molecule has 2 aromatic carbocycles. The van der Waals surface area contributed by atoms with Gasteiger partial charge in [0.2, 0.25) is 5.43 Å². The first-order chi connectivity index (χ1) is 21.9. The molecule has 0 radical (unpaired) electrons. The van der Waals surface area contributed by atoms with E-state index in [2.05, 4.69) is 0 Å². The molecule has 0 N–H and O–H groups in total. The summed E-state index contributed by atoms with van der Waals surface area (Å²) in [6.07, 6.45) is 6.11. The van der Waals surface area contributed by atoms with E-state index in [9.17, 15) is 18.4 Å². The molecule has 45 heavy (non-hydrogen) atoms. The van der Waals surface area contributed by atoms with Gasteiger partial charge in [0.05, 0.1) is 24.3 Å². The largest absolute Gasteiger partial charge is 0.483 e. The Morgan fingerprint density at radius 3 is 2.73 bits per heavy atom. The van der Waals surface area contributed by atoms with Gasteiger partial charge in [0.15, 0.2) is 11.4 Å². The molecule has 4 heterocycles. The highest BCUT2D eigenvalue weighted by atomic mass is 32.2. The highest BCUT2D eigenvalue weighted by Gasteiger charge is 2.47. The van der Waals surface area contributed by atoms with Crippen molar-refractivity contribution in [1.29, 1.82) is 0 Å². The van der Waals surface area contributed by atoms with Crippen molar-refractivity contribution >= 4 is 22.7 Å². The Hall–Kier alpha value is -3.80. The van der Waals surface area contributed by atoms with Crippen molar-refractivity contribution < 1.29 is 27.8 Å². The van der Waals surface area contributed by atoms with Crippen molar-refractivity contribution in [3.63, 3.8) is 0 Å². The molecule has 3 aliphatic rings. The van der Waals surface area contributed by atoms with Gasteiger partial charge in [-0.2, -0.15) is 0 Å². The van der Waals surface area contributed by atoms with Crippen LogP contribution in [0.4, 0.5) is 8.78 Å². The normalized spacial score (nSPS) is 21.1. The fourth-order valence-electron chi connectivity index (χ4n) is 5.96. The molecular formula is C34H35F2N3O5S. The van der Waals surface area contributed by atoms with Gasteiger partial charge >= 0.3 is 0 Å². The van der Waals surface area contributed by atoms with E-state index in [1.54, 1.807) is 18.2 Å². The third-order valence-electron chi connectivity index (χ3n) is 8.35. The van der Waals surface area contributed by atoms with Crippen molar-refractivity contribution in [3.8, 4) is 5.75 Å². The maximum atomic E-state index is 14.6. The molecule has 1 spiro atoms. The highest BCUT2D eigenvalue weighted by Crippen LogP contribution is 2.38. The van der Waals surface area contributed by atoms with Crippen molar-refractivity contribution in [2.45, 2.75) is 37.8 Å². The van der Waals surface area contributed by atoms with Crippen LogP contribution in [0.5, 0.6) is 5.75 Å². The van der Waals surface area contributed by atoms with Gasteiger partial charge in [-0.1, -0.05) is 54.2 Å². The lowest BCUT2D eigenvalue weighted by molar-refractivity contribution is 0.0422. The second kappa shape index (κ2) is 13.7. The summed E-state index contributed by atoms with van der Waals surface area (Å²) < 4.78 is 47.5. The molecule has 1 unspecified atom stereocenters. The third kappa shape index (κ3) is 6.61. The zero-order valence-corrected chi connectivity index (χ0v) is 25.9. The van der Waals surface area contributed by atoms with Crippen LogP contribution in [0.3, 0.4) is 0 Å². The Balaban J connectivity index is 1.45. The van der Waals surface area contributed by atoms with E-state index < -0.39 is 22.6 Å². The number of hydrogen-bond donors (Lipinski definition) is 0. The van der Waals surface area contributed by atoms with Crippen molar-refractivity contribution in [1.82, 2.24) is 9.47 Å². The maximum absolute atomic E-state index is 14.6. The number of ether oxygens (including phenoxy) is 3. The van der Waals surface area contributed by atoms with Gasteiger partial charge in [-0.05, 0) is 41.4 Å². The molecule has 1 aromatic heterocycles. The van der Waals surface area contributed by atoms with Crippen LogP contribution in [0.25, 0.3) is 0 Å². The number of allylic oxidation sites excluding steroid dienone is 2. The SMILES string of the molecule is COCCN1CC2(CCOC2)n2cc(C3=NCCC/C=C(\Cc4ccc(F)cc4F)S3)c(=O)c(OCc3ccccc3)c2C1=O. The molecule has 1 amide bonds. The van der Waals surface area contributed by atoms with Gasteiger partial charge in [-0.15, -0.1) is 0 Å². The predicted molar refractivity (Wildman–Crippen MR) is 169 cm³/mol. The number of fused-ring (bicyclic) bond motifs is 2. The molecule has 6 rings (SSSR count). The molecule has 1 saturated heterocycles. The Kier molecular flexibility index (Phi) is 9.48. The predicted octanol–water partition coefficient (Wildman–Crippen LogP) is 5.32. The molecule has 1 atom stereocenters. The summed E-state index contributed by atoms with van der Waals surface area (Å²) in [7, 11) is 1.59. The molecule has 0 aliphatic carbocycles. The Bertz CT molecular complexity index is 1690. The number of carbonyl (C=O) groups is 1. The van der Waals surface area contributed by atoms with Gasteiger partial charge in [-0.3, -0.25) is 14.6 Å². The number of pyridine rings is 1. The number of thioether (sulfide) groups is 1. The first-order valence-corrected chi connectivity index (χ1v) is 15.9. The summed E-state index contributed by atoms with van der Waals surface area (Å²) in [6.45, 7) is 2.58. The van der Waals surface area contributed by atoms with Gasteiger partial charge in [-0.25, -0.2) is 8.78 Å². The number of hydrogen-bond acceptors (Lipinski definition) is 7. The topological polar surface area (TPSA) is 82.4 Å². The highest BCUT2D eigenvalue weighted by molar-refractivity contribution is 8.17. The number of rotatable bonds is 9. The number of aromatic nitrogens is 1. The second-order valence-electron chi connectivity index (χ2n) is 11.5. The first-order valence-electron chi connectivity index (χ1n) is 15.1. The minimum absolute atomic E-state index is 0.0322. The number of methoxy groups -OCH3 is 1. The van der Waals surface area contributed by atoms with E-state index in [1.165, 1.54) is 23.9 Å². The minimum Gasteiger partial charge on any atom is -0.483 e. The molecule has 3 aliphatic heterocycles. The van der Waals surface area contributed by atoms with Crippen molar-refractivity contribution in [3.05, 3.63) is 110 Å². The Morgan fingerprint density at radius 1 is 1.13 bits per heavy atom. The fraction of sp³-hybridized carbons (Fsp3) is 0.382. The van der Waals surface area contributed by atoms with Crippen LogP contribution in [0.15, 0.2) is 75.5 Å². The fourth-order valence-corrected chi connectivity index (χ4v) is 7.05. The van der Waals surface area contributed by atoms with E-state index in [4.69, 9.17) is 19.2 Å². The van der Waals surface area contributed by atoms with Gasteiger partial charge in [0, 0.05) is 52.0 Å². The molecule has 0 saturated carbocycles. The van der Waals surface area contributed by atoms with Gasteiger partial charge in [0.25, 0.3) is 5.91 Å². The number of amides is 1. The van der Waals surface area contributed by atoms with Gasteiger partial charge < -0.3 is 23.7 Å². The molecule has 8 nitrogen and oxygen atoms in total. The standard InChI is InChI=1S/C34H35F2N3O5S/c1-42-16-14-38-21-34(12-15-43-22-34)39-19-27(30(40)31(29(39)33(38)41)44-20-23-7-3-2-4-8-23)32-37-13-6-5-9-26(45-32)17-24-10-11-25(35)18-28(24)36/h2-4,7-11,18-19H,5-6,12-17,20-22H2,1H3/b26-9+,37-32?. The minimum atomic E-state index is -0.636. The zero-order valence-electron chi connectivity index (χ0n) is 25.1. The van der Waals surface area contributed by atoms with Crippen LogP contribution >= 0.6 is 11.8 Å². The molecule has 236 valence electrons. The van der Waals surface area contributed by atoms with Gasteiger partial charge in [0.1, 0.15) is 23.3 Å². The lowest BCUT2D eigenvalue weighted by Crippen LogP contribution is -2.56. The van der Waals surface area contributed by atoms with Crippen LogP contribution in [0.2, 0.25) is 0 Å². The van der Waals surface area contributed by atoms with Crippen LogP contribution < -0.4 is 10.2 Å². The number of nitrogens with zero attached hydrogens (tertiary/aromatic N) is 3. The summed E-state index contributed by atoms with van der Waals surface area (Å²) >= 11 is 1.30. The lowest BCUT2D eigenvalue weighted by Gasteiger charge is -2.43. The van der Waals surface area contributed by atoms with Crippen molar-refractivity contribution in [2.24, 2.45) is 4.99 Å². The molecule has 1 fully saturated rings. The monoisotopic (exact) mass is 635 g/mol. The quantitative estimate of drug-likeness (QED) is 0.317. The summed E-state index contributed by atoms with van der Waals surface area (Å²) in [6, 6.07) is 13.0. The van der Waals surface area contributed by atoms with Crippen molar-refractivity contribution in [2.75, 3.05) is 46.6 Å². The smallest absolute Gasteiger partial charge is 0.274 e. The van der Waals surface area contributed by atoms with E-state index in [0.29, 0.717) is 62.0 Å². The number of benzene rings is 2. The van der Waals surface area contributed by atoms with Crippen LogP contribution in [-0.4, -0.2) is 67.0 Å².